The zero-order valence-electron chi connectivity index (χ0n) is 14.8. The molecular weight excluding hydrogens is 338 g/mol. The molecule has 1 aliphatic carbocycles. The molecule has 0 aromatic heterocycles. The highest BCUT2D eigenvalue weighted by atomic mass is 35.5. The molecule has 1 heterocycles. The minimum atomic E-state index is -0.357. The first-order chi connectivity index (χ1) is 11.6. The van der Waals surface area contributed by atoms with Crippen LogP contribution in [0, 0.1) is 5.92 Å². The lowest BCUT2D eigenvalue weighted by molar-refractivity contribution is -0.143. The summed E-state index contributed by atoms with van der Waals surface area (Å²) in [4.78, 5) is 29.2. The van der Waals surface area contributed by atoms with Crippen molar-refractivity contribution in [3.63, 3.8) is 0 Å². The van der Waals surface area contributed by atoms with E-state index in [1.54, 1.807) is 11.9 Å². The number of anilines is 1. The number of amides is 2. The molecule has 138 valence electrons. The quantitative estimate of drug-likeness (QED) is 0.895. The zero-order chi connectivity index (χ0) is 17.1. The van der Waals surface area contributed by atoms with Gasteiger partial charge in [-0.3, -0.25) is 9.59 Å². The molecule has 3 rings (SSSR count). The van der Waals surface area contributed by atoms with E-state index in [2.05, 4.69) is 0 Å². The molecule has 3 atom stereocenters. The van der Waals surface area contributed by atoms with Crippen LogP contribution in [0.25, 0.3) is 0 Å². The minimum Gasteiger partial charge on any atom is -0.333 e. The number of hydrogen-bond acceptors (Lipinski definition) is 3. The molecule has 0 radical (unpaired) electrons. The lowest BCUT2D eigenvalue weighted by atomic mass is 9.85. The summed E-state index contributed by atoms with van der Waals surface area (Å²) in [5, 5.41) is 0. The van der Waals surface area contributed by atoms with E-state index in [1.807, 2.05) is 35.2 Å². The summed E-state index contributed by atoms with van der Waals surface area (Å²) in [7, 11) is 1.78. The van der Waals surface area contributed by atoms with Crippen LogP contribution in [0.4, 0.5) is 5.69 Å². The number of carbonyl (C=O) groups is 2. The standard InChI is InChI=1S/C19H27N3O2.ClH/c1-21(18(23)14-7-5-8-15(20)13-14)17-11-6-12-22(19(17)24)16-9-3-2-4-10-16;/h2-4,9-10,14-15,17H,5-8,11-13,20H2,1H3;1H. The van der Waals surface area contributed by atoms with E-state index < -0.39 is 0 Å². The SMILES string of the molecule is CN(C(=O)C1CCCC(N)C1)C1CCCN(c2ccccc2)C1=O.Cl. The van der Waals surface area contributed by atoms with Crippen LogP contribution in [-0.4, -0.2) is 42.4 Å². The number of piperidine rings is 1. The molecule has 1 aromatic carbocycles. The van der Waals surface area contributed by atoms with Gasteiger partial charge < -0.3 is 15.5 Å². The number of nitrogens with zero attached hydrogens (tertiary/aromatic N) is 2. The van der Waals surface area contributed by atoms with Crippen LogP contribution in [0.2, 0.25) is 0 Å². The van der Waals surface area contributed by atoms with Gasteiger partial charge in [-0.05, 0) is 44.2 Å². The highest BCUT2D eigenvalue weighted by Gasteiger charge is 2.37. The summed E-state index contributed by atoms with van der Waals surface area (Å²) in [5.74, 6) is 0.0838. The van der Waals surface area contributed by atoms with Crippen LogP contribution in [-0.2, 0) is 9.59 Å². The van der Waals surface area contributed by atoms with Crippen molar-refractivity contribution in [2.24, 2.45) is 11.7 Å². The zero-order valence-corrected chi connectivity index (χ0v) is 15.6. The van der Waals surface area contributed by atoms with E-state index in [4.69, 9.17) is 5.73 Å². The van der Waals surface area contributed by atoms with Crippen molar-refractivity contribution in [2.75, 3.05) is 18.5 Å². The second kappa shape index (κ2) is 8.68. The smallest absolute Gasteiger partial charge is 0.249 e. The van der Waals surface area contributed by atoms with Gasteiger partial charge in [-0.2, -0.15) is 0 Å². The Morgan fingerprint density at radius 1 is 1.16 bits per heavy atom. The summed E-state index contributed by atoms with van der Waals surface area (Å²) < 4.78 is 0. The monoisotopic (exact) mass is 365 g/mol. The summed E-state index contributed by atoms with van der Waals surface area (Å²) in [6.07, 6.45) is 5.28. The summed E-state index contributed by atoms with van der Waals surface area (Å²) >= 11 is 0. The Labute approximate surface area is 155 Å². The second-order valence-electron chi connectivity index (χ2n) is 7.06. The number of para-hydroxylation sites is 1. The first-order valence-electron chi connectivity index (χ1n) is 8.96. The van der Waals surface area contributed by atoms with Crippen LogP contribution < -0.4 is 10.6 Å². The molecule has 1 saturated carbocycles. The molecule has 2 aliphatic rings. The Balaban J connectivity index is 0.00000225. The second-order valence-corrected chi connectivity index (χ2v) is 7.06. The van der Waals surface area contributed by atoms with Gasteiger partial charge in [0.2, 0.25) is 11.8 Å². The van der Waals surface area contributed by atoms with Gasteiger partial charge in [0.15, 0.2) is 0 Å². The Kier molecular flexibility index (Phi) is 6.85. The average molecular weight is 366 g/mol. The van der Waals surface area contributed by atoms with Crippen molar-refractivity contribution in [3.05, 3.63) is 30.3 Å². The third-order valence-electron chi connectivity index (χ3n) is 5.36. The van der Waals surface area contributed by atoms with Crippen molar-refractivity contribution in [1.82, 2.24) is 4.90 Å². The Morgan fingerprint density at radius 2 is 1.88 bits per heavy atom. The van der Waals surface area contributed by atoms with E-state index >= 15 is 0 Å². The molecule has 1 aliphatic heterocycles. The predicted octanol–water partition coefficient (Wildman–Crippen LogP) is 2.58. The third kappa shape index (κ3) is 4.33. The Bertz CT molecular complexity index is 596. The van der Waals surface area contributed by atoms with Gasteiger partial charge in [0.05, 0.1) is 0 Å². The van der Waals surface area contributed by atoms with Crippen molar-refractivity contribution in [3.8, 4) is 0 Å². The van der Waals surface area contributed by atoms with Crippen molar-refractivity contribution in [1.29, 1.82) is 0 Å². The normalized spacial score (nSPS) is 26.7. The molecule has 2 fully saturated rings. The molecular formula is C19H28ClN3O2. The van der Waals surface area contributed by atoms with Crippen LogP contribution in [0.5, 0.6) is 0 Å². The fraction of sp³-hybridized carbons (Fsp3) is 0.579. The lowest BCUT2D eigenvalue weighted by Gasteiger charge is -2.39. The molecule has 0 bridgehead atoms. The van der Waals surface area contributed by atoms with E-state index in [9.17, 15) is 9.59 Å². The number of benzene rings is 1. The largest absolute Gasteiger partial charge is 0.333 e. The highest BCUT2D eigenvalue weighted by Crippen LogP contribution is 2.28. The fourth-order valence-electron chi connectivity index (χ4n) is 3.97. The molecule has 1 saturated heterocycles. The van der Waals surface area contributed by atoms with E-state index in [1.165, 1.54) is 0 Å². The van der Waals surface area contributed by atoms with Crippen molar-refractivity contribution < 1.29 is 9.59 Å². The minimum absolute atomic E-state index is 0. The fourth-order valence-corrected chi connectivity index (χ4v) is 3.97. The van der Waals surface area contributed by atoms with Crippen molar-refractivity contribution >= 4 is 29.9 Å². The number of nitrogens with two attached hydrogens (primary N) is 1. The van der Waals surface area contributed by atoms with Gasteiger partial charge >= 0.3 is 0 Å². The van der Waals surface area contributed by atoms with Gasteiger partial charge in [0.1, 0.15) is 6.04 Å². The van der Waals surface area contributed by atoms with Gasteiger partial charge in [0, 0.05) is 31.2 Å². The number of carbonyl (C=O) groups excluding carboxylic acids is 2. The van der Waals surface area contributed by atoms with Gasteiger partial charge in [-0.1, -0.05) is 24.6 Å². The topological polar surface area (TPSA) is 66.6 Å². The molecule has 2 amide bonds. The van der Waals surface area contributed by atoms with E-state index in [0.29, 0.717) is 0 Å². The van der Waals surface area contributed by atoms with Crippen LogP contribution >= 0.6 is 12.4 Å². The molecule has 5 nitrogen and oxygen atoms in total. The maximum absolute atomic E-state index is 12.9. The van der Waals surface area contributed by atoms with E-state index in [0.717, 1.165) is 50.8 Å². The van der Waals surface area contributed by atoms with Crippen LogP contribution in [0.15, 0.2) is 30.3 Å². The first-order valence-corrected chi connectivity index (χ1v) is 8.96. The van der Waals surface area contributed by atoms with Crippen LogP contribution in [0.3, 0.4) is 0 Å². The number of likely N-dealkylation sites (N-methyl/N-ethyl adjacent to an activating group) is 1. The molecule has 1 aromatic rings. The van der Waals surface area contributed by atoms with E-state index in [-0.39, 0.29) is 42.2 Å². The lowest BCUT2D eigenvalue weighted by Crippen LogP contribution is -2.54. The Hall–Kier alpha value is -1.59. The first kappa shape index (κ1) is 19.7. The molecule has 0 spiro atoms. The van der Waals surface area contributed by atoms with Crippen molar-refractivity contribution in [2.45, 2.75) is 50.6 Å². The highest BCUT2D eigenvalue weighted by molar-refractivity contribution is 6.00. The summed E-state index contributed by atoms with van der Waals surface area (Å²) in [6, 6.07) is 9.46. The van der Waals surface area contributed by atoms with Gasteiger partial charge in [-0.25, -0.2) is 0 Å². The summed E-state index contributed by atoms with van der Waals surface area (Å²) in [5.41, 5.74) is 6.93. The molecule has 6 heteroatoms. The maximum Gasteiger partial charge on any atom is 0.249 e. The number of rotatable bonds is 3. The third-order valence-corrected chi connectivity index (χ3v) is 5.36. The number of hydrogen-bond donors (Lipinski definition) is 1. The molecule has 25 heavy (non-hydrogen) atoms. The maximum atomic E-state index is 12.9. The Morgan fingerprint density at radius 3 is 2.56 bits per heavy atom. The van der Waals surface area contributed by atoms with Crippen LogP contribution in [0.1, 0.15) is 38.5 Å². The van der Waals surface area contributed by atoms with Gasteiger partial charge in [0.25, 0.3) is 0 Å². The average Bonchev–Trinajstić information content (AvgIpc) is 2.61. The summed E-state index contributed by atoms with van der Waals surface area (Å²) in [6.45, 7) is 0.718. The predicted molar refractivity (Wildman–Crippen MR) is 102 cm³/mol. The van der Waals surface area contributed by atoms with Gasteiger partial charge in [-0.15, -0.1) is 12.4 Å². The molecule has 3 unspecified atom stereocenters. The molecule has 2 N–H and O–H groups in total. The number of halogens is 1.